The Morgan fingerprint density at radius 2 is 2.20 bits per heavy atom. The number of phenolic OH excluding ortho intramolecular Hbond substituents is 1. The molecule has 0 radical (unpaired) electrons. The van der Waals surface area contributed by atoms with Crippen molar-refractivity contribution in [3.05, 3.63) is 29.1 Å². The van der Waals surface area contributed by atoms with Gasteiger partial charge < -0.3 is 14.9 Å². The van der Waals surface area contributed by atoms with Gasteiger partial charge in [-0.1, -0.05) is 0 Å². The van der Waals surface area contributed by atoms with E-state index >= 15 is 0 Å². The average molecular weight is 214 g/mol. The molecule has 0 heterocycles. The molecule has 0 aliphatic carbocycles. The standard InChI is InChI=1S/C10H11FO4/c1-15-10(14)7-4-6(2-3-12)5-8(11)9(7)13/h4-5,12-13H,2-3H2,1H3. The van der Waals surface area contributed by atoms with Gasteiger partial charge in [-0.3, -0.25) is 0 Å². The number of hydrogen-bond acceptors (Lipinski definition) is 4. The predicted octanol–water partition coefficient (Wildman–Crippen LogP) is 0.853. The van der Waals surface area contributed by atoms with Crippen LogP contribution >= 0.6 is 0 Å². The molecule has 0 unspecified atom stereocenters. The molecule has 1 aromatic carbocycles. The van der Waals surface area contributed by atoms with Crippen molar-refractivity contribution in [3.8, 4) is 5.75 Å². The van der Waals surface area contributed by atoms with E-state index in [4.69, 9.17) is 5.11 Å². The lowest BCUT2D eigenvalue weighted by Crippen LogP contribution is -2.04. The van der Waals surface area contributed by atoms with Crippen molar-refractivity contribution in [3.63, 3.8) is 0 Å². The lowest BCUT2D eigenvalue weighted by atomic mass is 10.1. The second kappa shape index (κ2) is 4.75. The molecule has 15 heavy (non-hydrogen) atoms. The summed E-state index contributed by atoms with van der Waals surface area (Å²) in [6.07, 6.45) is 0.210. The van der Waals surface area contributed by atoms with Gasteiger partial charge in [-0.05, 0) is 24.1 Å². The largest absolute Gasteiger partial charge is 0.504 e. The van der Waals surface area contributed by atoms with Gasteiger partial charge in [0.05, 0.1) is 7.11 Å². The molecule has 4 nitrogen and oxygen atoms in total. The van der Waals surface area contributed by atoms with Crippen LogP contribution in [0, 0.1) is 5.82 Å². The number of aliphatic hydroxyl groups excluding tert-OH is 1. The summed E-state index contributed by atoms with van der Waals surface area (Å²) in [6.45, 7) is -0.162. The highest BCUT2D eigenvalue weighted by Crippen LogP contribution is 2.24. The molecular formula is C10H11FO4. The van der Waals surface area contributed by atoms with E-state index in [0.717, 1.165) is 13.2 Å². The monoisotopic (exact) mass is 214 g/mol. The third-order valence-corrected chi connectivity index (χ3v) is 1.93. The summed E-state index contributed by atoms with van der Waals surface area (Å²) in [6, 6.07) is 2.36. The van der Waals surface area contributed by atoms with Gasteiger partial charge >= 0.3 is 5.97 Å². The summed E-state index contributed by atoms with van der Waals surface area (Å²) in [4.78, 5) is 11.1. The van der Waals surface area contributed by atoms with E-state index in [0.29, 0.717) is 5.56 Å². The zero-order chi connectivity index (χ0) is 11.4. The minimum atomic E-state index is -0.902. The predicted molar refractivity (Wildman–Crippen MR) is 50.2 cm³/mol. The van der Waals surface area contributed by atoms with Crippen LogP contribution in [0.4, 0.5) is 4.39 Å². The van der Waals surface area contributed by atoms with Gasteiger partial charge in [-0.2, -0.15) is 0 Å². The summed E-state index contributed by atoms with van der Waals surface area (Å²) < 4.78 is 17.5. The first-order chi connectivity index (χ1) is 7.10. The first-order valence-electron chi connectivity index (χ1n) is 4.30. The van der Waals surface area contributed by atoms with E-state index < -0.39 is 17.5 Å². The van der Waals surface area contributed by atoms with Gasteiger partial charge in [0.15, 0.2) is 11.6 Å². The molecule has 0 atom stereocenters. The van der Waals surface area contributed by atoms with Crippen LogP contribution in [0.1, 0.15) is 15.9 Å². The van der Waals surface area contributed by atoms with Crippen LogP contribution < -0.4 is 0 Å². The van der Waals surface area contributed by atoms with Crippen LogP contribution in [0.5, 0.6) is 5.75 Å². The van der Waals surface area contributed by atoms with E-state index in [-0.39, 0.29) is 18.6 Å². The Bertz CT molecular complexity index is 376. The van der Waals surface area contributed by atoms with Gasteiger partial charge in [0.2, 0.25) is 0 Å². The second-order valence-electron chi connectivity index (χ2n) is 2.94. The van der Waals surface area contributed by atoms with Crippen LogP contribution in [-0.2, 0) is 11.2 Å². The highest BCUT2D eigenvalue weighted by molar-refractivity contribution is 5.92. The van der Waals surface area contributed by atoms with Crippen molar-refractivity contribution in [2.45, 2.75) is 6.42 Å². The van der Waals surface area contributed by atoms with Crippen molar-refractivity contribution in [2.24, 2.45) is 0 Å². The van der Waals surface area contributed by atoms with Crippen molar-refractivity contribution in [1.82, 2.24) is 0 Å². The van der Waals surface area contributed by atoms with E-state index in [2.05, 4.69) is 4.74 Å². The Hall–Kier alpha value is -1.62. The molecule has 2 N–H and O–H groups in total. The Labute approximate surface area is 85.9 Å². The zero-order valence-corrected chi connectivity index (χ0v) is 8.16. The maximum atomic E-state index is 13.1. The maximum absolute atomic E-state index is 13.1. The molecule has 1 aromatic rings. The lowest BCUT2D eigenvalue weighted by Gasteiger charge is -2.06. The first kappa shape index (κ1) is 11.5. The molecule has 0 aromatic heterocycles. The number of halogens is 1. The third-order valence-electron chi connectivity index (χ3n) is 1.93. The van der Waals surface area contributed by atoms with Crippen LogP contribution in [0.2, 0.25) is 0 Å². The summed E-state index contributed by atoms with van der Waals surface area (Å²) in [5, 5.41) is 17.9. The summed E-state index contributed by atoms with van der Waals surface area (Å²) >= 11 is 0. The molecule has 0 aliphatic heterocycles. The maximum Gasteiger partial charge on any atom is 0.341 e. The zero-order valence-electron chi connectivity index (χ0n) is 8.16. The van der Waals surface area contributed by atoms with Crippen LogP contribution in [0.15, 0.2) is 12.1 Å². The number of methoxy groups -OCH3 is 1. The number of esters is 1. The van der Waals surface area contributed by atoms with E-state index in [1.807, 2.05) is 0 Å². The Morgan fingerprint density at radius 3 is 2.73 bits per heavy atom. The number of rotatable bonds is 3. The third kappa shape index (κ3) is 2.44. The summed E-state index contributed by atoms with van der Waals surface area (Å²) in [5.41, 5.74) is 0.189. The van der Waals surface area contributed by atoms with Crippen LogP contribution in [-0.4, -0.2) is 29.9 Å². The van der Waals surface area contributed by atoms with Gasteiger partial charge in [0.1, 0.15) is 5.56 Å². The number of carbonyl (C=O) groups is 1. The van der Waals surface area contributed by atoms with Crippen molar-refractivity contribution >= 4 is 5.97 Å². The van der Waals surface area contributed by atoms with Gasteiger partial charge in [0, 0.05) is 6.61 Å². The Kier molecular flexibility index (Phi) is 3.62. The van der Waals surface area contributed by atoms with E-state index in [1.165, 1.54) is 6.07 Å². The normalized spacial score (nSPS) is 10.1. The smallest absolute Gasteiger partial charge is 0.341 e. The number of aromatic hydroxyl groups is 1. The second-order valence-corrected chi connectivity index (χ2v) is 2.94. The molecule has 0 saturated carbocycles. The number of phenols is 1. The molecule has 1 rings (SSSR count). The number of hydrogen-bond donors (Lipinski definition) is 2. The summed E-state index contributed by atoms with van der Waals surface area (Å²) in [7, 11) is 1.14. The molecule has 0 fully saturated rings. The Morgan fingerprint density at radius 1 is 1.53 bits per heavy atom. The fraction of sp³-hybridized carbons (Fsp3) is 0.300. The molecule has 0 aliphatic rings. The highest BCUT2D eigenvalue weighted by Gasteiger charge is 2.16. The first-order valence-corrected chi connectivity index (χ1v) is 4.30. The minimum Gasteiger partial charge on any atom is -0.504 e. The quantitative estimate of drug-likeness (QED) is 0.732. The Balaban J connectivity index is 3.18. The number of benzene rings is 1. The van der Waals surface area contributed by atoms with Gasteiger partial charge in [-0.15, -0.1) is 0 Å². The van der Waals surface area contributed by atoms with Crippen molar-refractivity contribution in [1.29, 1.82) is 0 Å². The summed E-state index contributed by atoms with van der Waals surface area (Å²) in [5.74, 6) is -2.45. The van der Waals surface area contributed by atoms with E-state index in [1.54, 1.807) is 0 Å². The van der Waals surface area contributed by atoms with Gasteiger partial charge in [0.25, 0.3) is 0 Å². The molecular weight excluding hydrogens is 203 g/mol. The SMILES string of the molecule is COC(=O)c1cc(CCO)cc(F)c1O. The number of carbonyl (C=O) groups excluding carboxylic acids is 1. The van der Waals surface area contributed by atoms with Crippen molar-refractivity contribution < 1.29 is 24.1 Å². The number of ether oxygens (including phenoxy) is 1. The molecule has 0 saturated heterocycles. The molecule has 0 spiro atoms. The topological polar surface area (TPSA) is 66.8 Å². The average Bonchev–Trinajstić information content (AvgIpc) is 2.22. The van der Waals surface area contributed by atoms with E-state index in [9.17, 15) is 14.3 Å². The molecule has 0 bridgehead atoms. The molecule has 5 heteroatoms. The fourth-order valence-corrected chi connectivity index (χ4v) is 1.19. The number of aliphatic hydroxyl groups is 1. The van der Waals surface area contributed by atoms with Crippen LogP contribution in [0.3, 0.4) is 0 Å². The minimum absolute atomic E-state index is 0.162. The fourth-order valence-electron chi connectivity index (χ4n) is 1.19. The lowest BCUT2D eigenvalue weighted by molar-refractivity contribution is 0.0596. The highest BCUT2D eigenvalue weighted by atomic mass is 19.1. The molecule has 82 valence electrons. The molecule has 0 amide bonds. The van der Waals surface area contributed by atoms with Crippen molar-refractivity contribution in [2.75, 3.05) is 13.7 Å². The van der Waals surface area contributed by atoms with Gasteiger partial charge in [-0.25, -0.2) is 9.18 Å². The van der Waals surface area contributed by atoms with Crippen LogP contribution in [0.25, 0.3) is 0 Å².